The van der Waals surface area contributed by atoms with Gasteiger partial charge >= 0.3 is 0 Å². The first-order valence-electron chi connectivity index (χ1n) is 4.58. The second-order valence-electron chi connectivity index (χ2n) is 3.65. The van der Waals surface area contributed by atoms with Crippen molar-refractivity contribution in [1.82, 2.24) is 0 Å². The highest BCUT2D eigenvalue weighted by Gasteiger charge is 2.20. The van der Waals surface area contributed by atoms with E-state index >= 15 is 0 Å². The van der Waals surface area contributed by atoms with Crippen molar-refractivity contribution in [2.45, 2.75) is 26.2 Å². The fraction of sp³-hybridized carbons (Fsp3) is 0.600. The molecule has 2 N–H and O–H groups in total. The van der Waals surface area contributed by atoms with Crippen LogP contribution in [0.25, 0.3) is 0 Å². The van der Waals surface area contributed by atoms with Gasteiger partial charge in [-0.2, -0.15) is 0 Å². The van der Waals surface area contributed by atoms with E-state index in [2.05, 4.69) is 6.07 Å². The maximum Gasteiger partial charge on any atom is 0.107 e. The van der Waals surface area contributed by atoms with Crippen LogP contribution in [0.1, 0.15) is 23.5 Å². The summed E-state index contributed by atoms with van der Waals surface area (Å²) < 4.78 is 5.56. The van der Waals surface area contributed by atoms with Crippen LogP contribution >= 0.6 is 0 Å². The summed E-state index contributed by atoms with van der Waals surface area (Å²) in [6.07, 6.45) is 3.38. The Morgan fingerprint density at radius 2 is 2.50 bits per heavy atom. The number of fused-ring (bicyclic) bond motifs is 1. The van der Waals surface area contributed by atoms with Gasteiger partial charge in [-0.25, -0.2) is 0 Å². The smallest absolute Gasteiger partial charge is 0.107 e. The molecule has 1 aliphatic carbocycles. The minimum atomic E-state index is 0.675. The first-order chi connectivity index (χ1) is 5.79. The third-order valence-electron chi connectivity index (χ3n) is 2.64. The zero-order valence-corrected chi connectivity index (χ0v) is 7.47. The molecular formula is C10H15NO. The quantitative estimate of drug-likeness (QED) is 0.687. The van der Waals surface area contributed by atoms with Crippen LogP contribution < -0.4 is 5.73 Å². The summed E-state index contributed by atoms with van der Waals surface area (Å²) in [5.41, 5.74) is 7.02. The Morgan fingerprint density at radius 3 is 3.25 bits per heavy atom. The topological polar surface area (TPSA) is 39.2 Å². The van der Waals surface area contributed by atoms with Crippen molar-refractivity contribution in [2.75, 3.05) is 6.54 Å². The zero-order valence-electron chi connectivity index (χ0n) is 7.47. The van der Waals surface area contributed by atoms with E-state index in [-0.39, 0.29) is 0 Å². The summed E-state index contributed by atoms with van der Waals surface area (Å²) in [5.74, 6) is 2.91. The molecule has 0 aromatic carbocycles. The molecule has 1 heterocycles. The number of furan rings is 1. The third-order valence-corrected chi connectivity index (χ3v) is 2.64. The van der Waals surface area contributed by atoms with Gasteiger partial charge in [-0.3, -0.25) is 0 Å². The SMILES string of the molecule is Cc1cc2c(o1)CCC(CN)C2. The van der Waals surface area contributed by atoms with Gasteiger partial charge in [0.05, 0.1) is 0 Å². The summed E-state index contributed by atoms with van der Waals surface area (Å²) in [7, 11) is 0. The summed E-state index contributed by atoms with van der Waals surface area (Å²) in [6.45, 7) is 2.82. The summed E-state index contributed by atoms with van der Waals surface area (Å²) >= 11 is 0. The standard InChI is InChI=1S/C10H15NO/c1-7-4-9-5-8(6-11)2-3-10(9)12-7/h4,8H,2-3,5-6,11H2,1H3. The second-order valence-corrected chi connectivity index (χ2v) is 3.65. The van der Waals surface area contributed by atoms with E-state index in [1.54, 1.807) is 0 Å². The van der Waals surface area contributed by atoms with Gasteiger partial charge in [0.1, 0.15) is 11.5 Å². The highest BCUT2D eigenvalue weighted by molar-refractivity contribution is 5.24. The molecule has 0 fully saturated rings. The number of aryl methyl sites for hydroxylation is 2. The number of nitrogens with two attached hydrogens (primary N) is 1. The Morgan fingerprint density at radius 1 is 1.67 bits per heavy atom. The van der Waals surface area contributed by atoms with Crippen molar-refractivity contribution < 1.29 is 4.42 Å². The van der Waals surface area contributed by atoms with Crippen molar-refractivity contribution in [3.05, 3.63) is 23.2 Å². The van der Waals surface area contributed by atoms with E-state index in [9.17, 15) is 0 Å². The zero-order chi connectivity index (χ0) is 8.55. The fourth-order valence-corrected chi connectivity index (χ4v) is 1.95. The molecule has 0 amide bonds. The van der Waals surface area contributed by atoms with Crippen LogP contribution in [0.15, 0.2) is 10.5 Å². The van der Waals surface area contributed by atoms with Gasteiger partial charge in [-0.05, 0) is 43.9 Å². The first kappa shape index (κ1) is 7.87. The van der Waals surface area contributed by atoms with Gasteiger partial charge in [0.25, 0.3) is 0 Å². The van der Waals surface area contributed by atoms with E-state index in [0.29, 0.717) is 5.92 Å². The van der Waals surface area contributed by atoms with Crippen molar-refractivity contribution in [3.8, 4) is 0 Å². The Balaban J connectivity index is 2.22. The Hall–Kier alpha value is -0.760. The van der Waals surface area contributed by atoms with Crippen LogP contribution in [0.5, 0.6) is 0 Å². The summed E-state index contributed by atoms with van der Waals surface area (Å²) in [4.78, 5) is 0. The molecular weight excluding hydrogens is 150 g/mol. The molecule has 2 heteroatoms. The lowest BCUT2D eigenvalue weighted by Gasteiger charge is -2.18. The monoisotopic (exact) mass is 165 g/mol. The van der Waals surface area contributed by atoms with Gasteiger partial charge < -0.3 is 10.2 Å². The highest BCUT2D eigenvalue weighted by Crippen LogP contribution is 2.27. The van der Waals surface area contributed by atoms with E-state index < -0.39 is 0 Å². The largest absolute Gasteiger partial charge is 0.466 e. The van der Waals surface area contributed by atoms with E-state index in [1.807, 2.05) is 6.92 Å². The van der Waals surface area contributed by atoms with Crippen LogP contribution in [0.4, 0.5) is 0 Å². The van der Waals surface area contributed by atoms with Crippen LogP contribution in [-0.4, -0.2) is 6.54 Å². The third kappa shape index (κ3) is 1.27. The van der Waals surface area contributed by atoms with Crippen LogP contribution in [-0.2, 0) is 12.8 Å². The van der Waals surface area contributed by atoms with E-state index in [4.69, 9.17) is 10.2 Å². The van der Waals surface area contributed by atoms with E-state index in [1.165, 1.54) is 17.7 Å². The Labute approximate surface area is 72.7 Å². The molecule has 0 bridgehead atoms. The minimum absolute atomic E-state index is 0.675. The predicted molar refractivity (Wildman–Crippen MR) is 48.0 cm³/mol. The lowest BCUT2D eigenvalue weighted by atomic mass is 9.88. The Kier molecular flexibility index (Phi) is 1.93. The van der Waals surface area contributed by atoms with E-state index in [0.717, 1.165) is 25.1 Å². The molecule has 1 aliphatic rings. The Bertz CT molecular complexity index is 277. The van der Waals surface area contributed by atoms with Gasteiger partial charge in [0.15, 0.2) is 0 Å². The number of hydrogen-bond acceptors (Lipinski definition) is 2. The minimum Gasteiger partial charge on any atom is -0.466 e. The summed E-state index contributed by atoms with van der Waals surface area (Å²) in [5, 5.41) is 0. The molecule has 2 rings (SSSR count). The molecule has 1 aromatic heterocycles. The maximum absolute atomic E-state index is 5.64. The second kappa shape index (κ2) is 2.94. The lowest BCUT2D eigenvalue weighted by Crippen LogP contribution is -2.21. The van der Waals surface area contributed by atoms with Crippen molar-refractivity contribution in [3.63, 3.8) is 0 Å². The van der Waals surface area contributed by atoms with Crippen molar-refractivity contribution >= 4 is 0 Å². The molecule has 0 saturated heterocycles. The maximum atomic E-state index is 5.64. The molecule has 12 heavy (non-hydrogen) atoms. The fourth-order valence-electron chi connectivity index (χ4n) is 1.95. The first-order valence-corrected chi connectivity index (χ1v) is 4.58. The van der Waals surface area contributed by atoms with Gasteiger partial charge in [-0.15, -0.1) is 0 Å². The molecule has 0 radical (unpaired) electrons. The predicted octanol–water partition coefficient (Wildman–Crippen LogP) is 1.65. The lowest BCUT2D eigenvalue weighted by molar-refractivity contribution is 0.402. The van der Waals surface area contributed by atoms with Crippen LogP contribution in [0, 0.1) is 12.8 Å². The average molecular weight is 165 g/mol. The van der Waals surface area contributed by atoms with Crippen molar-refractivity contribution in [2.24, 2.45) is 11.7 Å². The molecule has 2 nitrogen and oxygen atoms in total. The normalized spacial score (nSPS) is 22.3. The van der Waals surface area contributed by atoms with Gasteiger partial charge in [0.2, 0.25) is 0 Å². The molecule has 1 unspecified atom stereocenters. The highest BCUT2D eigenvalue weighted by atomic mass is 16.3. The molecule has 0 spiro atoms. The van der Waals surface area contributed by atoms with Crippen LogP contribution in [0.2, 0.25) is 0 Å². The number of hydrogen-bond donors (Lipinski definition) is 1. The van der Waals surface area contributed by atoms with Gasteiger partial charge in [0, 0.05) is 6.42 Å². The number of rotatable bonds is 1. The summed E-state index contributed by atoms with van der Waals surface area (Å²) in [6, 6.07) is 2.15. The average Bonchev–Trinajstić information content (AvgIpc) is 2.43. The molecule has 0 aliphatic heterocycles. The molecule has 0 saturated carbocycles. The molecule has 66 valence electrons. The molecule has 1 aromatic rings. The van der Waals surface area contributed by atoms with Gasteiger partial charge in [-0.1, -0.05) is 0 Å². The van der Waals surface area contributed by atoms with Crippen LogP contribution in [0.3, 0.4) is 0 Å². The molecule has 1 atom stereocenters. The van der Waals surface area contributed by atoms with Crippen molar-refractivity contribution in [1.29, 1.82) is 0 Å².